The first-order valence-electron chi connectivity index (χ1n) is 8.19. The van der Waals surface area contributed by atoms with Crippen LogP contribution in [0.15, 0.2) is 0 Å². The molecule has 2 amide bonds. The van der Waals surface area contributed by atoms with E-state index in [1.807, 2.05) is 4.90 Å². The molecule has 1 aliphatic heterocycles. The Balaban J connectivity index is 2.37. The van der Waals surface area contributed by atoms with Crippen LogP contribution in [0.1, 0.15) is 59.3 Å². The van der Waals surface area contributed by atoms with Crippen molar-refractivity contribution in [2.75, 3.05) is 13.1 Å². The number of amides is 2. The predicted molar refractivity (Wildman–Crippen MR) is 83.2 cm³/mol. The van der Waals surface area contributed by atoms with E-state index in [-0.39, 0.29) is 18.5 Å². The second kappa shape index (κ2) is 8.90. The van der Waals surface area contributed by atoms with Crippen molar-refractivity contribution in [3.05, 3.63) is 0 Å². The highest BCUT2D eigenvalue weighted by molar-refractivity contribution is 5.74. The molecule has 0 aromatic carbocycles. The molecule has 5 heteroatoms. The smallest absolute Gasteiger partial charge is 0.317 e. The number of carbonyl (C=O) groups excluding carboxylic acids is 1. The topological polar surface area (TPSA) is 69.6 Å². The SMILES string of the molecule is CCC(C)CC(C)NC(=O)N1CCCC(CCC(=O)O)C1. The molecular weight excluding hydrogens is 268 g/mol. The van der Waals surface area contributed by atoms with Gasteiger partial charge in [-0.3, -0.25) is 4.79 Å². The molecule has 1 fully saturated rings. The lowest BCUT2D eigenvalue weighted by Gasteiger charge is -2.33. The van der Waals surface area contributed by atoms with Gasteiger partial charge < -0.3 is 15.3 Å². The molecule has 0 aromatic heterocycles. The van der Waals surface area contributed by atoms with Crippen LogP contribution in [0.25, 0.3) is 0 Å². The van der Waals surface area contributed by atoms with Crippen LogP contribution in [0.2, 0.25) is 0 Å². The minimum Gasteiger partial charge on any atom is -0.481 e. The fourth-order valence-corrected chi connectivity index (χ4v) is 2.94. The van der Waals surface area contributed by atoms with Crippen molar-refractivity contribution in [3.63, 3.8) is 0 Å². The molecule has 3 unspecified atom stereocenters. The Morgan fingerprint density at radius 3 is 2.71 bits per heavy atom. The van der Waals surface area contributed by atoms with Gasteiger partial charge in [-0.25, -0.2) is 4.79 Å². The number of carboxylic acids is 1. The molecule has 0 saturated carbocycles. The monoisotopic (exact) mass is 298 g/mol. The number of carbonyl (C=O) groups is 2. The quantitative estimate of drug-likeness (QED) is 0.759. The lowest BCUT2D eigenvalue weighted by atomic mass is 9.93. The Morgan fingerprint density at radius 1 is 1.38 bits per heavy atom. The van der Waals surface area contributed by atoms with E-state index >= 15 is 0 Å². The van der Waals surface area contributed by atoms with Crippen LogP contribution >= 0.6 is 0 Å². The molecule has 1 saturated heterocycles. The standard InChI is InChI=1S/C16H30N2O3/c1-4-12(2)10-13(3)17-16(21)18-9-5-6-14(11-18)7-8-15(19)20/h12-14H,4-11H2,1-3H3,(H,17,21)(H,19,20). The van der Waals surface area contributed by atoms with E-state index in [9.17, 15) is 9.59 Å². The zero-order chi connectivity index (χ0) is 15.8. The molecule has 1 aliphatic rings. The molecule has 0 spiro atoms. The summed E-state index contributed by atoms with van der Waals surface area (Å²) in [5.74, 6) is 0.189. The summed E-state index contributed by atoms with van der Waals surface area (Å²) in [4.78, 5) is 24.8. The van der Waals surface area contributed by atoms with Gasteiger partial charge in [-0.1, -0.05) is 20.3 Å². The largest absolute Gasteiger partial charge is 0.481 e. The zero-order valence-corrected chi connectivity index (χ0v) is 13.6. The molecular formula is C16H30N2O3. The van der Waals surface area contributed by atoms with E-state index < -0.39 is 5.97 Å². The van der Waals surface area contributed by atoms with E-state index in [1.54, 1.807) is 0 Å². The first-order valence-corrected chi connectivity index (χ1v) is 8.19. The van der Waals surface area contributed by atoms with E-state index in [2.05, 4.69) is 26.1 Å². The summed E-state index contributed by atoms with van der Waals surface area (Å²) in [5.41, 5.74) is 0. The third-order valence-electron chi connectivity index (χ3n) is 4.40. The highest BCUT2D eigenvalue weighted by atomic mass is 16.4. The average molecular weight is 298 g/mol. The number of likely N-dealkylation sites (tertiary alicyclic amines) is 1. The number of rotatable bonds is 7. The van der Waals surface area contributed by atoms with E-state index in [1.165, 1.54) is 0 Å². The molecule has 3 atom stereocenters. The van der Waals surface area contributed by atoms with Crippen molar-refractivity contribution < 1.29 is 14.7 Å². The van der Waals surface area contributed by atoms with Crippen LogP contribution in [0.4, 0.5) is 4.79 Å². The molecule has 1 heterocycles. The summed E-state index contributed by atoms with van der Waals surface area (Å²) in [7, 11) is 0. The van der Waals surface area contributed by atoms with Gasteiger partial charge in [0.1, 0.15) is 0 Å². The van der Waals surface area contributed by atoms with Crippen LogP contribution in [0.5, 0.6) is 0 Å². The highest BCUT2D eigenvalue weighted by Gasteiger charge is 2.24. The van der Waals surface area contributed by atoms with Gasteiger partial charge in [0.15, 0.2) is 0 Å². The number of nitrogens with one attached hydrogen (secondary N) is 1. The maximum absolute atomic E-state index is 12.3. The molecule has 5 nitrogen and oxygen atoms in total. The predicted octanol–water partition coefficient (Wildman–Crippen LogP) is 3.10. The number of hydrogen-bond donors (Lipinski definition) is 2. The summed E-state index contributed by atoms with van der Waals surface area (Å²) < 4.78 is 0. The normalized spacial score (nSPS) is 21.7. The maximum atomic E-state index is 12.3. The molecule has 0 bridgehead atoms. The summed E-state index contributed by atoms with van der Waals surface area (Å²) in [6, 6.07) is 0.192. The number of piperidine rings is 1. The van der Waals surface area contributed by atoms with Crippen molar-refractivity contribution >= 4 is 12.0 Å². The first-order chi connectivity index (χ1) is 9.92. The van der Waals surface area contributed by atoms with Gasteiger partial charge in [-0.2, -0.15) is 0 Å². The van der Waals surface area contributed by atoms with E-state index in [4.69, 9.17) is 5.11 Å². The second-order valence-electron chi connectivity index (χ2n) is 6.49. The Bertz CT molecular complexity index is 346. The Labute approximate surface area is 128 Å². The molecule has 0 aromatic rings. The van der Waals surface area contributed by atoms with Gasteiger partial charge in [0, 0.05) is 25.6 Å². The van der Waals surface area contributed by atoms with Gasteiger partial charge in [0.25, 0.3) is 0 Å². The van der Waals surface area contributed by atoms with Gasteiger partial charge >= 0.3 is 12.0 Å². The van der Waals surface area contributed by atoms with Gasteiger partial charge in [-0.05, 0) is 44.4 Å². The minimum absolute atomic E-state index is 0.00540. The van der Waals surface area contributed by atoms with Crippen LogP contribution in [-0.4, -0.2) is 41.1 Å². The molecule has 122 valence electrons. The summed E-state index contributed by atoms with van der Waals surface area (Å²) in [6.07, 6.45) is 4.99. The summed E-state index contributed by atoms with van der Waals surface area (Å²) in [5, 5.41) is 11.8. The van der Waals surface area contributed by atoms with Crippen molar-refractivity contribution in [1.82, 2.24) is 10.2 Å². The van der Waals surface area contributed by atoms with E-state index in [0.29, 0.717) is 24.8 Å². The number of aliphatic carboxylic acids is 1. The third-order valence-corrected chi connectivity index (χ3v) is 4.40. The van der Waals surface area contributed by atoms with Crippen molar-refractivity contribution in [2.45, 2.75) is 65.3 Å². The Morgan fingerprint density at radius 2 is 2.10 bits per heavy atom. The summed E-state index contributed by atoms with van der Waals surface area (Å²) >= 11 is 0. The highest BCUT2D eigenvalue weighted by Crippen LogP contribution is 2.21. The Kier molecular flexibility index (Phi) is 7.54. The summed E-state index contributed by atoms with van der Waals surface area (Å²) in [6.45, 7) is 7.89. The first kappa shape index (κ1) is 17.8. The number of nitrogens with zero attached hydrogens (tertiary/aromatic N) is 1. The molecule has 1 rings (SSSR count). The maximum Gasteiger partial charge on any atom is 0.317 e. The van der Waals surface area contributed by atoms with Crippen LogP contribution in [0.3, 0.4) is 0 Å². The number of urea groups is 1. The fraction of sp³-hybridized carbons (Fsp3) is 0.875. The lowest BCUT2D eigenvalue weighted by molar-refractivity contribution is -0.137. The minimum atomic E-state index is -0.751. The van der Waals surface area contributed by atoms with Crippen molar-refractivity contribution in [3.8, 4) is 0 Å². The lowest BCUT2D eigenvalue weighted by Crippen LogP contribution is -2.48. The van der Waals surface area contributed by atoms with Crippen molar-refractivity contribution in [1.29, 1.82) is 0 Å². The molecule has 0 radical (unpaired) electrons. The average Bonchev–Trinajstić information content (AvgIpc) is 2.45. The van der Waals surface area contributed by atoms with Crippen LogP contribution in [-0.2, 0) is 4.79 Å². The van der Waals surface area contributed by atoms with Gasteiger partial charge in [0.05, 0.1) is 0 Å². The number of hydrogen-bond acceptors (Lipinski definition) is 2. The third kappa shape index (κ3) is 6.82. The van der Waals surface area contributed by atoms with Crippen LogP contribution < -0.4 is 5.32 Å². The molecule has 2 N–H and O–H groups in total. The van der Waals surface area contributed by atoms with E-state index in [0.717, 1.165) is 32.2 Å². The zero-order valence-electron chi connectivity index (χ0n) is 13.6. The Hall–Kier alpha value is -1.26. The van der Waals surface area contributed by atoms with Gasteiger partial charge in [-0.15, -0.1) is 0 Å². The fourth-order valence-electron chi connectivity index (χ4n) is 2.94. The van der Waals surface area contributed by atoms with Gasteiger partial charge in [0.2, 0.25) is 0 Å². The number of carboxylic acid groups (broad SMARTS) is 1. The van der Waals surface area contributed by atoms with Crippen LogP contribution in [0, 0.1) is 11.8 Å². The molecule has 21 heavy (non-hydrogen) atoms. The second-order valence-corrected chi connectivity index (χ2v) is 6.49. The molecule has 0 aliphatic carbocycles. The van der Waals surface area contributed by atoms with Crippen molar-refractivity contribution in [2.24, 2.45) is 11.8 Å².